The summed E-state index contributed by atoms with van der Waals surface area (Å²) in [4.78, 5) is 8.70. The third-order valence-corrected chi connectivity index (χ3v) is 2.76. The van der Waals surface area contributed by atoms with Gasteiger partial charge in [0.05, 0.1) is 13.2 Å². The molecule has 0 aliphatic carbocycles. The zero-order chi connectivity index (χ0) is 15.3. The quantitative estimate of drug-likeness (QED) is 0.566. The van der Waals surface area contributed by atoms with Gasteiger partial charge in [-0.1, -0.05) is 0 Å². The number of hydrogen-bond donors (Lipinski definition) is 2. The Bertz CT molecular complexity index is 390. The smallest absolute Gasteiger partial charge is 0.158 e. The van der Waals surface area contributed by atoms with Gasteiger partial charge < -0.3 is 24.8 Å². The molecule has 1 aromatic rings. The maximum Gasteiger partial charge on any atom is 0.158 e. The molecular formula is C14H26N4O3. The van der Waals surface area contributed by atoms with Gasteiger partial charge in [-0.15, -0.1) is 0 Å². The zero-order valence-electron chi connectivity index (χ0n) is 13.1. The van der Waals surface area contributed by atoms with Gasteiger partial charge in [-0.3, -0.25) is 0 Å². The highest BCUT2D eigenvalue weighted by atomic mass is 16.5. The Hall–Kier alpha value is -1.44. The molecule has 1 rings (SSSR count). The third kappa shape index (κ3) is 7.79. The van der Waals surface area contributed by atoms with Crippen molar-refractivity contribution < 1.29 is 14.2 Å². The van der Waals surface area contributed by atoms with E-state index < -0.39 is 0 Å². The Morgan fingerprint density at radius 3 is 2.52 bits per heavy atom. The second-order valence-corrected chi connectivity index (χ2v) is 4.48. The number of nitrogens with one attached hydrogen (secondary N) is 2. The number of anilines is 2. The molecule has 0 fully saturated rings. The van der Waals surface area contributed by atoms with Crippen molar-refractivity contribution >= 4 is 11.6 Å². The van der Waals surface area contributed by atoms with E-state index in [-0.39, 0.29) is 0 Å². The van der Waals surface area contributed by atoms with Crippen LogP contribution in [0.25, 0.3) is 0 Å². The monoisotopic (exact) mass is 298 g/mol. The molecule has 7 nitrogen and oxygen atoms in total. The van der Waals surface area contributed by atoms with Crippen molar-refractivity contribution in [3.05, 3.63) is 11.9 Å². The summed E-state index contributed by atoms with van der Waals surface area (Å²) in [7, 11) is 5.14. The van der Waals surface area contributed by atoms with Crippen LogP contribution in [0.1, 0.15) is 18.7 Å². The van der Waals surface area contributed by atoms with E-state index >= 15 is 0 Å². The molecule has 0 aliphatic rings. The van der Waals surface area contributed by atoms with E-state index in [4.69, 9.17) is 14.2 Å². The Morgan fingerprint density at radius 1 is 1.00 bits per heavy atom. The summed E-state index contributed by atoms with van der Waals surface area (Å²) in [6.07, 6.45) is 2.02. The molecule has 1 heterocycles. The number of rotatable bonds is 12. The summed E-state index contributed by atoms with van der Waals surface area (Å²) in [5.41, 5.74) is 0. The minimum absolute atomic E-state index is 0.400. The predicted octanol–water partition coefficient (Wildman–Crippen LogP) is 1.52. The van der Waals surface area contributed by atoms with Gasteiger partial charge in [0.1, 0.15) is 18.2 Å². The molecule has 0 spiro atoms. The molecule has 0 atom stereocenters. The lowest BCUT2D eigenvalue weighted by Gasteiger charge is -2.09. The van der Waals surface area contributed by atoms with Gasteiger partial charge in [0.2, 0.25) is 0 Å². The fourth-order valence-corrected chi connectivity index (χ4v) is 1.70. The van der Waals surface area contributed by atoms with E-state index in [1.807, 2.05) is 13.1 Å². The molecule has 1 aromatic heterocycles. The van der Waals surface area contributed by atoms with E-state index in [9.17, 15) is 0 Å². The zero-order valence-corrected chi connectivity index (χ0v) is 13.1. The number of aromatic nitrogens is 2. The largest absolute Gasteiger partial charge is 0.382 e. The van der Waals surface area contributed by atoms with Gasteiger partial charge in [-0.2, -0.15) is 0 Å². The van der Waals surface area contributed by atoms with Gasteiger partial charge in [0, 0.05) is 40.5 Å². The molecule has 0 bridgehead atoms. The molecule has 0 saturated heterocycles. The van der Waals surface area contributed by atoms with Crippen LogP contribution in [-0.2, 0) is 20.8 Å². The van der Waals surface area contributed by atoms with Crippen molar-refractivity contribution in [2.45, 2.75) is 19.4 Å². The van der Waals surface area contributed by atoms with E-state index in [1.165, 1.54) is 0 Å². The summed E-state index contributed by atoms with van der Waals surface area (Å²) >= 11 is 0. The summed E-state index contributed by atoms with van der Waals surface area (Å²) in [6.45, 7) is 3.30. The van der Waals surface area contributed by atoms with Gasteiger partial charge in [-0.05, 0) is 12.8 Å². The summed E-state index contributed by atoms with van der Waals surface area (Å²) in [5.74, 6) is 2.25. The molecule has 0 radical (unpaired) electrons. The number of unbranched alkanes of at least 4 members (excludes halogenated alkanes) is 1. The third-order valence-electron chi connectivity index (χ3n) is 2.76. The highest BCUT2D eigenvalue weighted by molar-refractivity contribution is 5.47. The Morgan fingerprint density at radius 2 is 1.81 bits per heavy atom. The highest BCUT2D eigenvalue weighted by Gasteiger charge is 2.03. The van der Waals surface area contributed by atoms with Crippen LogP contribution in [0.4, 0.5) is 11.6 Å². The molecule has 0 aliphatic heterocycles. The molecule has 0 unspecified atom stereocenters. The van der Waals surface area contributed by atoms with E-state index in [1.54, 1.807) is 14.2 Å². The van der Waals surface area contributed by atoms with Crippen molar-refractivity contribution in [1.29, 1.82) is 0 Å². The first kappa shape index (κ1) is 17.6. The van der Waals surface area contributed by atoms with Gasteiger partial charge in [-0.25, -0.2) is 9.97 Å². The van der Waals surface area contributed by atoms with Crippen molar-refractivity contribution in [1.82, 2.24) is 9.97 Å². The molecule has 120 valence electrons. The fraction of sp³-hybridized carbons (Fsp3) is 0.714. The number of nitrogens with zero attached hydrogens (tertiary/aromatic N) is 2. The molecular weight excluding hydrogens is 272 g/mol. The number of hydrogen-bond acceptors (Lipinski definition) is 7. The Labute approximate surface area is 126 Å². The first-order valence-corrected chi connectivity index (χ1v) is 7.15. The maximum absolute atomic E-state index is 5.41. The van der Waals surface area contributed by atoms with Crippen molar-refractivity contribution in [2.24, 2.45) is 0 Å². The lowest BCUT2D eigenvalue weighted by molar-refractivity contribution is 0.0691. The summed E-state index contributed by atoms with van der Waals surface area (Å²) < 4.78 is 15.4. The fourth-order valence-electron chi connectivity index (χ4n) is 1.70. The van der Waals surface area contributed by atoms with Crippen LogP contribution < -0.4 is 10.6 Å². The average molecular weight is 298 g/mol. The molecule has 0 aromatic carbocycles. The molecule has 21 heavy (non-hydrogen) atoms. The van der Waals surface area contributed by atoms with Crippen LogP contribution in [0.2, 0.25) is 0 Å². The van der Waals surface area contributed by atoms with Gasteiger partial charge in [0.15, 0.2) is 5.82 Å². The molecule has 7 heteroatoms. The van der Waals surface area contributed by atoms with Crippen LogP contribution in [0, 0.1) is 0 Å². The molecule has 0 amide bonds. The standard InChI is InChI=1S/C14H26N4O3/c1-15-12-10-13(18-14(17-12)11-20-3)16-6-4-5-7-21-9-8-19-2/h10H,4-9,11H2,1-3H3,(H2,15,16,17,18). The predicted molar refractivity (Wildman–Crippen MR) is 82.7 cm³/mol. The maximum atomic E-state index is 5.41. The second-order valence-electron chi connectivity index (χ2n) is 4.48. The minimum atomic E-state index is 0.400. The lowest BCUT2D eigenvalue weighted by Crippen LogP contribution is -2.09. The SMILES string of the molecule is CNc1cc(NCCCCOCCOC)nc(COC)n1. The average Bonchev–Trinajstić information content (AvgIpc) is 2.50. The molecule has 2 N–H and O–H groups in total. The number of methoxy groups -OCH3 is 2. The summed E-state index contributed by atoms with van der Waals surface area (Å²) in [6, 6.07) is 1.88. The van der Waals surface area contributed by atoms with Crippen LogP contribution in [0.15, 0.2) is 6.07 Å². The van der Waals surface area contributed by atoms with E-state index in [0.29, 0.717) is 25.6 Å². The van der Waals surface area contributed by atoms with E-state index in [2.05, 4.69) is 20.6 Å². The second kappa shape index (κ2) is 11.2. The van der Waals surface area contributed by atoms with Crippen molar-refractivity contribution in [2.75, 3.05) is 58.3 Å². The number of ether oxygens (including phenoxy) is 3. The first-order chi connectivity index (χ1) is 10.3. The van der Waals surface area contributed by atoms with Crippen LogP contribution >= 0.6 is 0 Å². The van der Waals surface area contributed by atoms with Gasteiger partial charge >= 0.3 is 0 Å². The van der Waals surface area contributed by atoms with Crippen molar-refractivity contribution in [3.63, 3.8) is 0 Å². The normalized spacial score (nSPS) is 10.6. The lowest BCUT2D eigenvalue weighted by atomic mass is 10.3. The first-order valence-electron chi connectivity index (χ1n) is 7.15. The Balaban J connectivity index is 2.26. The molecule has 0 saturated carbocycles. The van der Waals surface area contributed by atoms with Crippen LogP contribution in [-0.4, -0.2) is 57.6 Å². The minimum Gasteiger partial charge on any atom is -0.382 e. The Kier molecular flexibility index (Phi) is 9.43. The van der Waals surface area contributed by atoms with Crippen LogP contribution in [0.5, 0.6) is 0 Å². The van der Waals surface area contributed by atoms with Crippen molar-refractivity contribution in [3.8, 4) is 0 Å². The van der Waals surface area contributed by atoms with Crippen LogP contribution in [0.3, 0.4) is 0 Å². The highest BCUT2D eigenvalue weighted by Crippen LogP contribution is 2.11. The topological polar surface area (TPSA) is 77.5 Å². The van der Waals surface area contributed by atoms with E-state index in [0.717, 1.165) is 37.6 Å². The summed E-state index contributed by atoms with van der Waals surface area (Å²) in [5, 5.41) is 6.31. The van der Waals surface area contributed by atoms with Gasteiger partial charge in [0.25, 0.3) is 0 Å².